The SMILES string of the molecule is Cc1ccc(N2C(=O)/C(=N\Nc3cccc(-c4ccc(C(C)C(=O)O)cc4)c3O)c3ccc(C(F)(F)F)cc32)cc1C. The molecule has 3 N–H and O–H groups in total. The normalized spacial score (nSPS) is 14.7. The number of benzene rings is 4. The van der Waals surface area contributed by atoms with Gasteiger partial charge in [0.25, 0.3) is 5.91 Å². The molecule has 4 aromatic carbocycles. The number of phenolic OH excluding ortho intramolecular Hbond substituents is 1. The molecule has 1 heterocycles. The molecule has 7 nitrogen and oxygen atoms in total. The van der Waals surface area contributed by atoms with Gasteiger partial charge in [-0.15, -0.1) is 0 Å². The van der Waals surface area contributed by atoms with Gasteiger partial charge in [0.05, 0.1) is 22.9 Å². The number of hydrogen-bond acceptors (Lipinski definition) is 5. The summed E-state index contributed by atoms with van der Waals surface area (Å²) in [4.78, 5) is 26.1. The molecule has 0 saturated carbocycles. The van der Waals surface area contributed by atoms with Gasteiger partial charge >= 0.3 is 12.1 Å². The number of para-hydroxylation sites is 1. The summed E-state index contributed by atoms with van der Waals surface area (Å²) in [5.41, 5.74) is 5.99. The Morgan fingerprint density at radius 3 is 2.29 bits per heavy atom. The number of carbonyl (C=O) groups is 2. The third-order valence-corrected chi connectivity index (χ3v) is 7.39. The van der Waals surface area contributed by atoms with Crippen molar-refractivity contribution in [3.63, 3.8) is 0 Å². The third-order valence-electron chi connectivity index (χ3n) is 7.39. The van der Waals surface area contributed by atoms with Gasteiger partial charge in [-0.3, -0.25) is 19.9 Å². The van der Waals surface area contributed by atoms with Crippen molar-refractivity contribution in [2.75, 3.05) is 10.3 Å². The van der Waals surface area contributed by atoms with Gasteiger partial charge < -0.3 is 10.2 Å². The van der Waals surface area contributed by atoms with E-state index in [0.29, 0.717) is 22.4 Å². The van der Waals surface area contributed by atoms with E-state index in [-0.39, 0.29) is 28.4 Å². The van der Waals surface area contributed by atoms with Crippen molar-refractivity contribution in [2.45, 2.75) is 32.9 Å². The molecule has 1 unspecified atom stereocenters. The maximum Gasteiger partial charge on any atom is 0.416 e. The van der Waals surface area contributed by atoms with Crippen LogP contribution in [-0.2, 0) is 15.8 Å². The van der Waals surface area contributed by atoms with Gasteiger partial charge in [-0.2, -0.15) is 18.3 Å². The molecule has 0 saturated heterocycles. The van der Waals surface area contributed by atoms with Gasteiger partial charge in [0.15, 0.2) is 5.71 Å². The van der Waals surface area contributed by atoms with Gasteiger partial charge in [-0.25, -0.2) is 0 Å². The number of carbonyl (C=O) groups excluding carboxylic acids is 1. The molecule has 0 radical (unpaired) electrons. The van der Waals surface area contributed by atoms with E-state index >= 15 is 0 Å². The first-order valence-corrected chi connectivity index (χ1v) is 13.0. The largest absolute Gasteiger partial charge is 0.505 e. The predicted octanol–water partition coefficient (Wildman–Crippen LogP) is 7.38. The van der Waals surface area contributed by atoms with Crippen LogP contribution in [0.5, 0.6) is 5.75 Å². The fourth-order valence-corrected chi connectivity index (χ4v) is 4.73. The molecule has 0 bridgehead atoms. The second-order valence-corrected chi connectivity index (χ2v) is 10.1. The molecule has 5 rings (SSSR count). The van der Waals surface area contributed by atoms with Gasteiger partial charge in [-0.1, -0.05) is 42.5 Å². The molecule has 1 aliphatic heterocycles. The second kappa shape index (κ2) is 10.7. The summed E-state index contributed by atoms with van der Waals surface area (Å²) < 4.78 is 40.8. The van der Waals surface area contributed by atoms with Crippen LogP contribution in [-0.4, -0.2) is 27.8 Å². The molecule has 1 aliphatic rings. The summed E-state index contributed by atoms with van der Waals surface area (Å²) in [5, 5.41) is 24.5. The van der Waals surface area contributed by atoms with Crippen LogP contribution in [0, 0.1) is 13.8 Å². The van der Waals surface area contributed by atoms with Crippen LogP contribution in [0.4, 0.5) is 30.2 Å². The number of aromatic hydroxyl groups is 1. The highest BCUT2D eigenvalue weighted by Crippen LogP contribution is 2.41. The number of rotatable bonds is 6. The van der Waals surface area contributed by atoms with Crippen molar-refractivity contribution in [3.8, 4) is 16.9 Å². The van der Waals surface area contributed by atoms with Crippen LogP contribution in [0.25, 0.3) is 11.1 Å². The summed E-state index contributed by atoms with van der Waals surface area (Å²) in [6.45, 7) is 5.31. The zero-order chi connectivity index (χ0) is 30.3. The lowest BCUT2D eigenvalue weighted by molar-refractivity contribution is -0.138. The monoisotopic (exact) mass is 573 g/mol. The lowest BCUT2D eigenvalue weighted by Gasteiger charge is -2.19. The quantitative estimate of drug-likeness (QED) is 0.165. The molecule has 1 atom stereocenters. The van der Waals surface area contributed by atoms with Crippen LogP contribution >= 0.6 is 0 Å². The van der Waals surface area contributed by atoms with E-state index in [1.165, 1.54) is 17.0 Å². The maximum atomic E-state index is 13.6. The average Bonchev–Trinajstić information content (AvgIpc) is 3.23. The number of amides is 1. The third kappa shape index (κ3) is 5.18. The number of fused-ring (bicyclic) bond motifs is 1. The summed E-state index contributed by atoms with van der Waals surface area (Å²) in [5.74, 6) is -2.45. The zero-order valence-electron chi connectivity index (χ0n) is 22.8. The average molecular weight is 574 g/mol. The van der Waals surface area contributed by atoms with Crippen molar-refractivity contribution < 1.29 is 33.0 Å². The van der Waals surface area contributed by atoms with Gasteiger partial charge in [-0.05, 0) is 79.4 Å². The Kier molecular flexibility index (Phi) is 7.24. The summed E-state index contributed by atoms with van der Waals surface area (Å²) in [6.07, 6.45) is -4.61. The number of phenols is 1. The van der Waals surface area contributed by atoms with Gasteiger partial charge in [0.2, 0.25) is 0 Å². The number of nitrogens with zero attached hydrogens (tertiary/aromatic N) is 2. The smallest absolute Gasteiger partial charge is 0.416 e. The van der Waals surface area contributed by atoms with Crippen molar-refractivity contribution >= 4 is 34.7 Å². The second-order valence-electron chi connectivity index (χ2n) is 10.1. The standard InChI is InChI=1S/C32H26F3N3O4/c1-17-7-13-23(15-18(17)2)38-27-16-22(32(33,34)35)12-14-25(27)28(30(38)40)37-36-26-6-4-5-24(29(26)39)21-10-8-20(9-11-21)19(3)31(41)42/h4-16,19,36,39H,1-3H3,(H,41,42)/b37-28-. The van der Waals surface area contributed by atoms with Crippen LogP contribution in [0.15, 0.2) is 84.0 Å². The number of nitrogens with one attached hydrogen (secondary N) is 1. The first-order chi connectivity index (χ1) is 19.9. The van der Waals surface area contributed by atoms with Crippen LogP contribution in [0.3, 0.4) is 0 Å². The fourth-order valence-electron chi connectivity index (χ4n) is 4.73. The number of aryl methyl sites for hydroxylation is 2. The minimum Gasteiger partial charge on any atom is -0.505 e. The summed E-state index contributed by atoms with van der Waals surface area (Å²) >= 11 is 0. The molecule has 10 heteroatoms. The summed E-state index contributed by atoms with van der Waals surface area (Å²) in [6, 6.07) is 19.8. The number of hydrazone groups is 1. The number of aliphatic carboxylic acids is 1. The highest BCUT2D eigenvalue weighted by Gasteiger charge is 2.39. The van der Waals surface area contributed by atoms with Crippen molar-refractivity contribution in [1.82, 2.24) is 0 Å². The van der Waals surface area contributed by atoms with Crippen LogP contribution in [0.2, 0.25) is 0 Å². The predicted molar refractivity (Wildman–Crippen MR) is 154 cm³/mol. The number of anilines is 3. The Morgan fingerprint density at radius 1 is 0.929 bits per heavy atom. The molecule has 0 spiro atoms. The Labute approximate surface area is 239 Å². The number of carboxylic acids is 1. The molecule has 0 aliphatic carbocycles. The molecule has 1 amide bonds. The van der Waals surface area contributed by atoms with Crippen molar-refractivity contribution in [2.24, 2.45) is 5.10 Å². The van der Waals surface area contributed by atoms with E-state index in [2.05, 4.69) is 10.5 Å². The maximum absolute atomic E-state index is 13.6. The molecule has 214 valence electrons. The Hall–Kier alpha value is -5.12. The van der Waals surface area contributed by atoms with E-state index in [1.807, 2.05) is 13.8 Å². The number of halogens is 3. The van der Waals surface area contributed by atoms with Gasteiger partial charge in [0, 0.05) is 16.8 Å². The number of alkyl halides is 3. The zero-order valence-corrected chi connectivity index (χ0v) is 22.8. The van der Waals surface area contributed by atoms with E-state index < -0.39 is 29.5 Å². The van der Waals surface area contributed by atoms with Gasteiger partial charge in [0.1, 0.15) is 5.75 Å². The first kappa shape index (κ1) is 28.4. The molecule has 42 heavy (non-hydrogen) atoms. The van der Waals surface area contributed by atoms with Crippen molar-refractivity contribution in [1.29, 1.82) is 0 Å². The highest BCUT2D eigenvalue weighted by atomic mass is 19.4. The Balaban J connectivity index is 1.52. The van der Waals surface area contributed by atoms with E-state index in [1.54, 1.807) is 61.5 Å². The molecule has 4 aromatic rings. The Bertz CT molecular complexity index is 1750. The van der Waals surface area contributed by atoms with Crippen LogP contribution in [0.1, 0.15) is 40.7 Å². The fraction of sp³-hybridized carbons (Fsp3) is 0.156. The number of carboxylic acid groups (broad SMARTS) is 1. The Morgan fingerprint density at radius 2 is 1.64 bits per heavy atom. The first-order valence-electron chi connectivity index (χ1n) is 13.0. The molecular weight excluding hydrogens is 547 g/mol. The van der Waals surface area contributed by atoms with Crippen LogP contribution < -0.4 is 10.3 Å². The van der Waals surface area contributed by atoms with E-state index in [4.69, 9.17) is 0 Å². The lowest BCUT2D eigenvalue weighted by atomic mass is 9.97. The van der Waals surface area contributed by atoms with E-state index in [0.717, 1.165) is 23.3 Å². The lowest BCUT2D eigenvalue weighted by Crippen LogP contribution is -2.26. The minimum absolute atomic E-state index is 0.0484. The molecular formula is C32H26F3N3O4. The minimum atomic E-state index is -4.61. The number of hydrogen-bond donors (Lipinski definition) is 3. The molecule has 0 aromatic heterocycles. The van der Waals surface area contributed by atoms with Crippen molar-refractivity contribution in [3.05, 3.63) is 107 Å². The molecule has 0 fully saturated rings. The topological polar surface area (TPSA) is 102 Å². The summed E-state index contributed by atoms with van der Waals surface area (Å²) in [7, 11) is 0. The highest BCUT2D eigenvalue weighted by molar-refractivity contribution is 6.55. The van der Waals surface area contributed by atoms with E-state index in [9.17, 15) is 33.0 Å².